The van der Waals surface area contributed by atoms with Crippen molar-refractivity contribution in [3.05, 3.63) is 33.4 Å². The molecule has 3 nitrogen and oxygen atoms in total. The van der Waals surface area contributed by atoms with Crippen LogP contribution >= 0.6 is 22.6 Å². The quantitative estimate of drug-likeness (QED) is 0.452. The first-order chi connectivity index (χ1) is 6.66. The van der Waals surface area contributed by atoms with Crippen molar-refractivity contribution in [1.29, 1.82) is 0 Å². The first-order valence-electron chi connectivity index (χ1n) is 4.17. The van der Waals surface area contributed by atoms with Crippen LogP contribution in [-0.2, 0) is 14.3 Å². The fourth-order valence-electron chi connectivity index (χ4n) is 1.42. The molecule has 0 aliphatic carbocycles. The zero-order valence-electron chi connectivity index (χ0n) is 7.20. The molecule has 1 fully saturated rings. The number of hydrogen-bond donors (Lipinski definition) is 0. The van der Waals surface area contributed by atoms with E-state index in [1.54, 1.807) is 0 Å². The highest BCUT2D eigenvalue weighted by atomic mass is 127. The normalized spacial score (nSPS) is 21.1. The van der Waals surface area contributed by atoms with Gasteiger partial charge < -0.3 is 4.74 Å². The number of benzene rings is 1. The molecule has 0 aromatic heterocycles. The van der Waals surface area contributed by atoms with Gasteiger partial charge in [0.15, 0.2) is 0 Å². The number of rotatable bonds is 1. The first-order valence-corrected chi connectivity index (χ1v) is 5.24. The summed E-state index contributed by atoms with van der Waals surface area (Å²) in [5.74, 6) is -1.27. The van der Waals surface area contributed by atoms with E-state index in [2.05, 4.69) is 27.3 Å². The molecule has 1 heterocycles. The number of hydrogen-bond acceptors (Lipinski definition) is 3. The van der Waals surface area contributed by atoms with Crippen LogP contribution in [0.2, 0.25) is 0 Å². The molecule has 1 saturated heterocycles. The number of esters is 2. The molecule has 2 rings (SSSR count). The molecular formula is C10H7IO3. The molecule has 0 N–H and O–H groups in total. The minimum atomic E-state index is -0.434. The Hall–Kier alpha value is -0.910. The summed E-state index contributed by atoms with van der Waals surface area (Å²) in [5, 5.41) is 0. The molecule has 1 aliphatic heterocycles. The molecule has 0 spiro atoms. The SMILES string of the molecule is O=C1CC(c2ccc(I)cc2)C(=O)O1. The van der Waals surface area contributed by atoms with E-state index >= 15 is 0 Å². The zero-order chi connectivity index (χ0) is 10.1. The lowest BCUT2D eigenvalue weighted by Gasteiger charge is -2.03. The van der Waals surface area contributed by atoms with E-state index < -0.39 is 17.9 Å². The van der Waals surface area contributed by atoms with Gasteiger partial charge in [0.05, 0.1) is 12.3 Å². The molecule has 0 radical (unpaired) electrons. The molecular weight excluding hydrogens is 295 g/mol. The van der Waals surface area contributed by atoms with Gasteiger partial charge in [-0.1, -0.05) is 12.1 Å². The molecule has 14 heavy (non-hydrogen) atoms. The van der Waals surface area contributed by atoms with E-state index in [4.69, 9.17) is 0 Å². The van der Waals surface area contributed by atoms with Gasteiger partial charge in [0.25, 0.3) is 0 Å². The molecule has 0 amide bonds. The summed E-state index contributed by atoms with van der Waals surface area (Å²) in [6.45, 7) is 0. The zero-order valence-corrected chi connectivity index (χ0v) is 9.35. The molecule has 1 unspecified atom stereocenters. The third kappa shape index (κ3) is 1.79. The van der Waals surface area contributed by atoms with Crippen molar-refractivity contribution in [1.82, 2.24) is 0 Å². The van der Waals surface area contributed by atoms with Gasteiger partial charge >= 0.3 is 11.9 Å². The van der Waals surface area contributed by atoms with Crippen LogP contribution in [0, 0.1) is 3.57 Å². The van der Waals surface area contributed by atoms with Crippen molar-refractivity contribution in [2.45, 2.75) is 12.3 Å². The Morgan fingerprint density at radius 2 is 1.86 bits per heavy atom. The summed E-state index contributed by atoms with van der Waals surface area (Å²) in [4.78, 5) is 22.1. The van der Waals surface area contributed by atoms with Crippen LogP contribution in [0.15, 0.2) is 24.3 Å². The van der Waals surface area contributed by atoms with Crippen molar-refractivity contribution in [2.24, 2.45) is 0 Å². The summed E-state index contributed by atoms with van der Waals surface area (Å²) in [7, 11) is 0. The van der Waals surface area contributed by atoms with E-state index in [-0.39, 0.29) is 6.42 Å². The predicted molar refractivity (Wildman–Crippen MR) is 57.6 cm³/mol. The van der Waals surface area contributed by atoms with Crippen molar-refractivity contribution in [2.75, 3.05) is 0 Å². The summed E-state index contributed by atoms with van der Waals surface area (Å²) in [5.41, 5.74) is 0.848. The largest absolute Gasteiger partial charge is 0.393 e. The smallest absolute Gasteiger partial charge is 0.321 e. The molecule has 1 aliphatic rings. The second-order valence-corrected chi connectivity index (χ2v) is 4.35. The van der Waals surface area contributed by atoms with Gasteiger partial charge in [-0.2, -0.15) is 0 Å². The topological polar surface area (TPSA) is 43.4 Å². The average Bonchev–Trinajstić information content (AvgIpc) is 2.47. The molecule has 72 valence electrons. The van der Waals surface area contributed by atoms with Gasteiger partial charge in [0.1, 0.15) is 0 Å². The van der Waals surface area contributed by atoms with Crippen LogP contribution in [0.5, 0.6) is 0 Å². The number of carbonyl (C=O) groups is 2. The lowest BCUT2D eigenvalue weighted by molar-refractivity contribution is -0.152. The van der Waals surface area contributed by atoms with Gasteiger partial charge in [-0.25, -0.2) is 0 Å². The fourth-order valence-corrected chi connectivity index (χ4v) is 1.78. The molecule has 1 aromatic rings. The maximum Gasteiger partial charge on any atom is 0.321 e. The standard InChI is InChI=1S/C10H7IO3/c11-7-3-1-6(2-4-7)8-5-9(12)14-10(8)13/h1-4,8H,5H2. The second-order valence-electron chi connectivity index (χ2n) is 3.10. The molecule has 1 aromatic carbocycles. The minimum absolute atomic E-state index is 0.166. The number of ether oxygens (including phenoxy) is 1. The Morgan fingerprint density at radius 1 is 1.21 bits per heavy atom. The highest BCUT2D eigenvalue weighted by Gasteiger charge is 2.34. The van der Waals surface area contributed by atoms with Gasteiger partial charge in [0, 0.05) is 3.57 Å². The van der Waals surface area contributed by atoms with Gasteiger partial charge in [0.2, 0.25) is 0 Å². The molecule has 0 bridgehead atoms. The highest BCUT2D eigenvalue weighted by Crippen LogP contribution is 2.27. The third-order valence-electron chi connectivity index (χ3n) is 2.14. The second kappa shape index (κ2) is 3.68. The van der Waals surface area contributed by atoms with Crippen molar-refractivity contribution < 1.29 is 14.3 Å². The van der Waals surface area contributed by atoms with Gasteiger partial charge in [-0.05, 0) is 40.3 Å². The van der Waals surface area contributed by atoms with Crippen LogP contribution in [0.1, 0.15) is 17.9 Å². The molecule has 0 saturated carbocycles. The van der Waals surface area contributed by atoms with E-state index in [0.717, 1.165) is 9.13 Å². The van der Waals surface area contributed by atoms with E-state index in [0.29, 0.717) is 0 Å². The number of cyclic esters (lactones) is 2. The van der Waals surface area contributed by atoms with E-state index in [9.17, 15) is 9.59 Å². The average molecular weight is 302 g/mol. The molecule has 1 atom stereocenters. The number of halogens is 1. The fraction of sp³-hybridized carbons (Fsp3) is 0.200. The summed E-state index contributed by atoms with van der Waals surface area (Å²) < 4.78 is 5.58. The van der Waals surface area contributed by atoms with E-state index in [1.165, 1.54) is 0 Å². The third-order valence-corrected chi connectivity index (χ3v) is 2.86. The monoisotopic (exact) mass is 302 g/mol. The first kappa shape index (κ1) is 9.64. The highest BCUT2D eigenvalue weighted by molar-refractivity contribution is 14.1. The Bertz CT molecular complexity index is 383. The lowest BCUT2D eigenvalue weighted by Crippen LogP contribution is -2.05. The summed E-state index contributed by atoms with van der Waals surface area (Å²) in [6, 6.07) is 7.52. The molecule has 4 heteroatoms. The maximum atomic E-state index is 11.2. The lowest BCUT2D eigenvalue weighted by atomic mass is 9.98. The Labute approximate surface area is 94.6 Å². The van der Waals surface area contributed by atoms with Crippen LogP contribution < -0.4 is 0 Å². The van der Waals surface area contributed by atoms with Crippen LogP contribution in [0.4, 0.5) is 0 Å². The van der Waals surface area contributed by atoms with Crippen LogP contribution in [-0.4, -0.2) is 11.9 Å². The van der Waals surface area contributed by atoms with Gasteiger partial charge in [-0.15, -0.1) is 0 Å². The number of carbonyl (C=O) groups excluding carboxylic acids is 2. The van der Waals surface area contributed by atoms with Crippen molar-refractivity contribution >= 4 is 34.5 Å². The van der Waals surface area contributed by atoms with Gasteiger partial charge in [-0.3, -0.25) is 9.59 Å². The minimum Gasteiger partial charge on any atom is -0.393 e. The van der Waals surface area contributed by atoms with E-state index in [1.807, 2.05) is 24.3 Å². The van der Waals surface area contributed by atoms with Crippen molar-refractivity contribution in [3.8, 4) is 0 Å². The van der Waals surface area contributed by atoms with Crippen molar-refractivity contribution in [3.63, 3.8) is 0 Å². The maximum absolute atomic E-state index is 11.2. The Kier molecular flexibility index (Phi) is 2.54. The predicted octanol–water partition coefficient (Wildman–Crippen LogP) is 1.85. The van der Waals surface area contributed by atoms with Crippen LogP contribution in [0.3, 0.4) is 0 Å². The Morgan fingerprint density at radius 3 is 2.36 bits per heavy atom. The summed E-state index contributed by atoms with van der Waals surface area (Å²) in [6.07, 6.45) is 0.166. The summed E-state index contributed by atoms with van der Waals surface area (Å²) >= 11 is 2.19. The Balaban J connectivity index is 2.27. The van der Waals surface area contributed by atoms with Crippen LogP contribution in [0.25, 0.3) is 0 Å².